The zero-order chi connectivity index (χ0) is 14.8. The zero-order valence-corrected chi connectivity index (χ0v) is 11.5. The van der Waals surface area contributed by atoms with E-state index in [1.807, 2.05) is 12.1 Å². The molecule has 1 heterocycles. The van der Waals surface area contributed by atoms with Gasteiger partial charge in [-0.1, -0.05) is 12.1 Å². The fraction of sp³-hybridized carbons (Fsp3) is 0.429. The van der Waals surface area contributed by atoms with E-state index in [2.05, 4.69) is 0 Å². The van der Waals surface area contributed by atoms with Crippen molar-refractivity contribution < 1.29 is 24.2 Å². The van der Waals surface area contributed by atoms with Gasteiger partial charge in [-0.15, -0.1) is 0 Å². The van der Waals surface area contributed by atoms with Crippen molar-refractivity contribution in [2.45, 2.75) is 25.4 Å². The first-order valence-corrected chi connectivity index (χ1v) is 6.24. The molecule has 6 nitrogen and oxygen atoms in total. The van der Waals surface area contributed by atoms with Crippen LogP contribution in [0.15, 0.2) is 24.3 Å². The SMILES string of the molecule is COc1ccc(CN2C(=O)OCC2(C)CC(=O)O)cc1. The summed E-state index contributed by atoms with van der Waals surface area (Å²) in [6.07, 6.45) is -0.626. The Morgan fingerprint density at radius 2 is 2.10 bits per heavy atom. The molecule has 1 unspecified atom stereocenters. The molecule has 1 aliphatic heterocycles. The van der Waals surface area contributed by atoms with Crippen LogP contribution in [0.5, 0.6) is 5.75 Å². The summed E-state index contributed by atoms with van der Waals surface area (Å²) in [7, 11) is 1.58. The number of rotatable bonds is 5. The van der Waals surface area contributed by atoms with Crippen LogP contribution in [-0.4, -0.2) is 41.3 Å². The average molecular weight is 279 g/mol. The number of carboxylic acid groups (broad SMARTS) is 1. The highest BCUT2D eigenvalue weighted by Crippen LogP contribution is 2.29. The Balaban J connectivity index is 2.15. The largest absolute Gasteiger partial charge is 0.497 e. The lowest BCUT2D eigenvalue weighted by molar-refractivity contribution is -0.139. The lowest BCUT2D eigenvalue weighted by Gasteiger charge is -2.30. The molecule has 1 atom stereocenters. The molecule has 0 spiro atoms. The first kappa shape index (κ1) is 14.2. The predicted octanol–water partition coefficient (Wildman–Crippen LogP) is 1.88. The van der Waals surface area contributed by atoms with Crippen molar-refractivity contribution in [3.05, 3.63) is 29.8 Å². The summed E-state index contributed by atoms with van der Waals surface area (Å²) in [4.78, 5) is 24.2. The Labute approximate surface area is 116 Å². The van der Waals surface area contributed by atoms with Crippen LogP contribution in [0.3, 0.4) is 0 Å². The minimum atomic E-state index is -0.953. The maximum atomic E-state index is 11.8. The number of carboxylic acids is 1. The molecule has 0 aromatic heterocycles. The minimum Gasteiger partial charge on any atom is -0.497 e. The Kier molecular flexibility index (Phi) is 3.83. The fourth-order valence-electron chi connectivity index (χ4n) is 2.23. The Morgan fingerprint density at radius 1 is 1.45 bits per heavy atom. The van der Waals surface area contributed by atoms with Crippen molar-refractivity contribution >= 4 is 12.1 Å². The number of methoxy groups -OCH3 is 1. The predicted molar refractivity (Wildman–Crippen MR) is 70.5 cm³/mol. The molecule has 2 rings (SSSR count). The van der Waals surface area contributed by atoms with E-state index in [0.717, 1.165) is 11.3 Å². The number of amides is 1. The molecule has 0 bridgehead atoms. The summed E-state index contributed by atoms with van der Waals surface area (Å²) >= 11 is 0. The number of ether oxygens (including phenoxy) is 2. The van der Waals surface area contributed by atoms with Gasteiger partial charge in [-0.3, -0.25) is 9.69 Å². The minimum absolute atomic E-state index is 0.0916. The monoisotopic (exact) mass is 279 g/mol. The second kappa shape index (κ2) is 5.40. The molecule has 20 heavy (non-hydrogen) atoms. The zero-order valence-electron chi connectivity index (χ0n) is 11.5. The molecule has 1 saturated heterocycles. The number of cyclic esters (lactones) is 1. The molecule has 1 fully saturated rings. The van der Waals surface area contributed by atoms with Gasteiger partial charge in [0.2, 0.25) is 0 Å². The van der Waals surface area contributed by atoms with Crippen LogP contribution < -0.4 is 4.74 Å². The maximum absolute atomic E-state index is 11.8. The lowest BCUT2D eigenvalue weighted by atomic mass is 9.97. The average Bonchev–Trinajstić information content (AvgIpc) is 2.67. The highest BCUT2D eigenvalue weighted by atomic mass is 16.6. The van der Waals surface area contributed by atoms with Gasteiger partial charge in [0, 0.05) is 6.54 Å². The van der Waals surface area contributed by atoms with E-state index >= 15 is 0 Å². The van der Waals surface area contributed by atoms with Crippen LogP contribution in [0.2, 0.25) is 0 Å². The third kappa shape index (κ3) is 2.84. The quantitative estimate of drug-likeness (QED) is 0.890. The highest BCUT2D eigenvalue weighted by Gasteiger charge is 2.45. The van der Waals surface area contributed by atoms with Crippen LogP contribution in [-0.2, 0) is 16.1 Å². The summed E-state index contributed by atoms with van der Waals surface area (Å²) in [5, 5.41) is 8.97. The van der Waals surface area contributed by atoms with E-state index in [9.17, 15) is 9.59 Å². The lowest BCUT2D eigenvalue weighted by Crippen LogP contribution is -2.45. The third-order valence-electron chi connectivity index (χ3n) is 3.41. The van der Waals surface area contributed by atoms with E-state index in [4.69, 9.17) is 14.6 Å². The third-order valence-corrected chi connectivity index (χ3v) is 3.41. The van der Waals surface area contributed by atoms with Crippen molar-refractivity contribution in [2.75, 3.05) is 13.7 Å². The van der Waals surface area contributed by atoms with Gasteiger partial charge in [-0.25, -0.2) is 4.79 Å². The molecule has 1 aliphatic rings. The maximum Gasteiger partial charge on any atom is 0.410 e. The number of aliphatic carboxylic acids is 1. The van der Waals surface area contributed by atoms with Crippen LogP contribution in [0.1, 0.15) is 18.9 Å². The van der Waals surface area contributed by atoms with E-state index < -0.39 is 17.6 Å². The molecule has 108 valence electrons. The van der Waals surface area contributed by atoms with Crippen molar-refractivity contribution in [3.8, 4) is 5.75 Å². The van der Waals surface area contributed by atoms with Gasteiger partial charge in [0.1, 0.15) is 12.4 Å². The van der Waals surface area contributed by atoms with E-state index in [-0.39, 0.29) is 13.0 Å². The molecule has 1 N–H and O–H groups in total. The van der Waals surface area contributed by atoms with Crippen molar-refractivity contribution in [3.63, 3.8) is 0 Å². The molecule has 0 saturated carbocycles. The van der Waals surface area contributed by atoms with Gasteiger partial charge in [0.25, 0.3) is 0 Å². The second-order valence-electron chi connectivity index (χ2n) is 5.06. The first-order chi connectivity index (χ1) is 9.44. The van der Waals surface area contributed by atoms with Gasteiger partial charge in [0.05, 0.1) is 19.1 Å². The molecule has 1 aromatic rings. The molecule has 1 amide bonds. The van der Waals surface area contributed by atoms with Gasteiger partial charge in [0.15, 0.2) is 0 Å². The summed E-state index contributed by atoms with van der Waals surface area (Å²) in [5.41, 5.74) is 0.0734. The second-order valence-corrected chi connectivity index (χ2v) is 5.06. The fourth-order valence-corrected chi connectivity index (χ4v) is 2.23. The Hall–Kier alpha value is -2.24. The Morgan fingerprint density at radius 3 is 2.65 bits per heavy atom. The summed E-state index contributed by atoms with van der Waals surface area (Å²) in [5.74, 6) is -0.225. The topological polar surface area (TPSA) is 76.1 Å². The number of hydrogen-bond acceptors (Lipinski definition) is 4. The molecule has 1 aromatic carbocycles. The number of benzene rings is 1. The summed E-state index contributed by atoms with van der Waals surface area (Å²) in [6.45, 7) is 2.12. The highest BCUT2D eigenvalue weighted by molar-refractivity contribution is 5.75. The van der Waals surface area contributed by atoms with E-state index in [0.29, 0.717) is 6.54 Å². The van der Waals surface area contributed by atoms with E-state index in [1.54, 1.807) is 26.2 Å². The van der Waals surface area contributed by atoms with Gasteiger partial charge < -0.3 is 14.6 Å². The molecular weight excluding hydrogens is 262 g/mol. The van der Waals surface area contributed by atoms with Crippen molar-refractivity contribution in [1.29, 1.82) is 0 Å². The molecular formula is C14H17NO5. The summed E-state index contributed by atoms with van der Waals surface area (Å²) in [6, 6.07) is 7.27. The van der Waals surface area contributed by atoms with Crippen molar-refractivity contribution in [1.82, 2.24) is 4.90 Å². The van der Waals surface area contributed by atoms with Crippen LogP contribution in [0, 0.1) is 0 Å². The Bertz CT molecular complexity index is 513. The van der Waals surface area contributed by atoms with Crippen LogP contribution in [0.4, 0.5) is 4.79 Å². The van der Waals surface area contributed by atoms with Crippen LogP contribution in [0.25, 0.3) is 0 Å². The standard InChI is InChI=1S/C14H17NO5/c1-14(7-12(16)17)9-20-13(18)15(14)8-10-3-5-11(19-2)6-4-10/h3-6H,7-9H2,1-2H3,(H,16,17). The summed E-state index contributed by atoms with van der Waals surface area (Å²) < 4.78 is 10.1. The van der Waals surface area contributed by atoms with Crippen LogP contribution >= 0.6 is 0 Å². The van der Waals surface area contributed by atoms with E-state index in [1.165, 1.54) is 4.90 Å². The van der Waals surface area contributed by atoms with Gasteiger partial charge in [-0.2, -0.15) is 0 Å². The number of carbonyl (C=O) groups excluding carboxylic acids is 1. The van der Waals surface area contributed by atoms with Gasteiger partial charge in [-0.05, 0) is 24.6 Å². The number of nitrogens with zero attached hydrogens (tertiary/aromatic N) is 1. The van der Waals surface area contributed by atoms with Crippen molar-refractivity contribution in [2.24, 2.45) is 0 Å². The molecule has 6 heteroatoms. The smallest absolute Gasteiger partial charge is 0.410 e. The molecule has 0 aliphatic carbocycles. The number of hydrogen-bond donors (Lipinski definition) is 1. The first-order valence-electron chi connectivity index (χ1n) is 6.24. The number of carbonyl (C=O) groups is 2. The molecule has 0 radical (unpaired) electrons. The normalized spacial score (nSPS) is 21.7. The van der Waals surface area contributed by atoms with Gasteiger partial charge >= 0.3 is 12.1 Å².